The molecular weight excluding hydrogens is 276 g/mol. The van der Waals surface area contributed by atoms with Crippen molar-refractivity contribution in [3.05, 3.63) is 49.8 Å². The monoisotopic (exact) mass is 288 g/mol. The zero-order chi connectivity index (χ0) is 15.3. The summed E-state index contributed by atoms with van der Waals surface area (Å²) < 4.78 is 1.75. The molecule has 1 heterocycles. The molecular formula is C14H12N2O5. The standard InChI is InChI=1S/C14H12N2O5/c1-7-4-12-9(5-11(7)16(20)21)13(17)10(14(18)19)6-15(12)8-2-3-8/h4-6,8H,2-3H2,1H3,(H,18,19). The summed E-state index contributed by atoms with van der Waals surface area (Å²) in [5.41, 5.74) is -0.213. The van der Waals surface area contributed by atoms with Crippen molar-refractivity contribution in [2.24, 2.45) is 0 Å². The number of carboxylic acid groups (broad SMARTS) is 1. The first-order chi connectivity index (χ1) is 9.90. The molecule has 0 amide bonds. The lowest BCUT2D eigenvalue weighted by molar-refractivity contribution is -0.385. The smallest absolute Gasteiger partial charge is 0.341 e. The molecule has 108 valence electrons. The summed E-state index contributed by atoms with van der Waals surface area (Å²) in [4.78, 5) is 33.9. The van der Waals surface area contributed by atoms with Gasteiger partial charge in [-0.15, -0.1) is 0 Å². The van der Waals surface area contributed by atoms with Crippen LogP contribution in [-0.4, -0.2) is 20.6 Å². The number of rotatable bonds is 3. The number of aryl methyl sites for hydroxylation is 1. The van der Waals surface area contributed by atoms with Crippen molar-refractivity contribution in [2.75, 3.05) is 0 Å². The maximum absolute atomic E-state index is 12.2. The molecule has 0 unspecified atom stereocenters. The molecule has 0 saturated heterocycles. The van der Waals surface area contributed by atoms with Crippen molar-refractivity contribution in [1.82, 2.24) is 4.57 Å². The van der Waals surface area contributed by atoms with Gasteiger partial charge in [0.05, 0.1) is 15.8 Å². The maximum atomic E-state index is 12.2. The summed E-state index contributed by atoms with van der Waals surface area (Å²) in [6.07, 6.45) is 3.16. The summed E-state index contributed by atoms with van der Waals surface area (Å²) in [6.45, 7) is 1.60. The number of pyridine rings is 1. The third-order valence-electron chi connectivity index (χ3n) is 3.72. The summed E-state index contributed by atoms with van der Waals surface area (Å²) in [5, 5.41) is 20.2. The van der Waals surface area contributed by atoms with Gasteiger partial charge in [0.2, 0.25) is 5.43 Å². The van der Waals surface area contributed by atoms with Gasteiger partial charge >= 0.3 is 5.97 Å². The average Bonchev–Trinajstić information content (AvgIpc) is 3.22. The minimum atomic E-state index is -1.32. The van der Waals surface area contributed by atoms with Gasteiger partial charge in [-0.05, 0) is 25.8 Å². The number of nitrogens with zero attached hydrogens (tertiary/aromatic N) is 2. The van der Waals surface area contributed by atoms with E-state index in [0.717, 1.165) is 12.8 Å². The van der Waals surface area contributed by atoms with Gasteiger partial charge in [-0.3, -0.25) is 14.9 Å². The molecule has 1 aromatic heterocycles. The molecule has 7 nitrogen and oxygen atoms in total. The van der Waals surface area contributed by atoms with Gasteiger partial charge in [-0.2, -0.15) is 0 Å². The fraction of sp³-hybridized carbons (Fsp3) is 0.286. The molecule has 1 aromatic carbocycles. The second-order valence-electron chi connectivity index (χ2n) is 5.23. The van der Waals surface area contributed by atoms with Crippen molar-refractivity contribution in [3.63, 3.8) is 0 Å². The van der Waals surface area contributed by atoms with Crippen molar-refractivity contribution in [2.45, 2.75) is 25.8 Å². The third-order valence-corrected chi connectivity index (χ3v) is 3.72. The molecule has 0 bridgehead atoms. The van der Waals surface area contributed by atoms with Crippen LogP contribution in [0.2, 0.25) is 0 Å². The van der Waals surface area contributed by atoms with E-state index in [-0.39, 0.29) is 22.7 Å². The van der Waals surface area contributed by atoms with E-state index >= 15 is 0 Å². The number of benzene rings is 1. The Morgan fingerprint density at radius 2 is 2.10 bits per heavy atom. The Morgan fingerprint density at radius 3 is 2.62 bits per heavy atom. The van der Waals surface area contributed by atoms with E-state index in [1.165, 1.54) is 12.3 Å². The van der Waals surface area contributed by atoms with Gasteiger partial charge in [0.15, 0.2) is 0 Å². The van der Waals surface area contributed by atoms with Crippen LogP contribution >= 0.6 is 0 Å². The Labute approximate surface area is 118 Å². The zero-order valence-corrected chi connectivity index (χ0v) is 11.2. The molecule has 1 fully saturated rings. The van der Waals surface area contributed by atoms with Gasteiger partial charge in [0.25, 0.3) is 5.69 Å². The predicted octanol–water partition coefficient (Wildman–Crippen LogP) is 2.25. The summed E-state index contributed by atoms with van der Waals surface area (Å²) in [7, 11) is 0. The molecule has 0 spiro atoms. The Hall–Kier alpha value is -2.70. The SMILES string of the molecule is Cc1cc2c(cc1[N+](=O)[O-])c(=O)c(C(=O)O)cn2C1CC1. The highest BCUT2D eigenvalue weighted by Crippen LogP contribution is 2.37. The lowest BCUT2D eigenvalue weighted by Gasteiger charge is -2.12. The summed E-state index contributed by atoms with van der Waals surface area (Å²) in [6, 6.07) is 2.92. The first-order valence-electron chi connectivity index (χ1n) is 6.47. The predicted molar refractivity (Wildman–Crippen MR) is 74.8 cm³/mol. The van der Waals surface area contributed by atoms with Crippen molar-refractivity contribution >= 4 is 22.6 Å². The van der Waals surface area contributed by atoms with Crippen LogP contribution in [-0.2, 0) is 0 Å². The fourth-order valence-electron chi connectivity index (χ4n) is 2.49. The lowest BCUT2D eigenvalue weighted by Crippen LogP contribution is -2.19. The van der Waals surface area contributed by atoms with Crippen LogP contribution in [0.15, 0.2) is 23.1 Å². The van der Waals surface area contributed by atoms with E-state index in [0.29, 0.717) is 11.1 Å². The van der Waals surface area contributed by atoms with E-state index in [4.69, 9.17) is 5.11 Å². The lowest BCUT2D eigenvalue weighted by atomic mass is 10.1. The molecule has 7 heteroatoms. The summed E-state index contributed by atoms with van der Waals surface area (Å²) in [5.74, 6) is -1.32. The van der Waals surface area contributed by atoms with E-state index in [2.05, 4.69) is 0 Å². The number of hydrogen-bond acceptors (Lipinski definition) is 4. The van der Waals surface area contributed by atoms with Gasteiger partial charge in [0.1, 0.15) is 5.56 Å². The number of nitro benzene ring substituents is 1. The molecule has 1 N–H and O–H groups in total. The van der Waals surface area contributed by atoms with Crippen LogP contribution in [0, 0.1) is 17.0 Å². The highest BCUT2D eigenvalue weighted by atomic mass is 16.6. The van der Waals surface area contributed by atoms with E-state index < -0.39 is 16.3 Å². The second kappa shape index (κ2) is 4.41. The Bertz CT molecular complexity index is 849. The fourth-order valence-corrected chi connectivity index (χ4v) is 2.49. The van der Waals surface area contributed by atoms with E-state index in [9.17, 15) is 19.7 Å². The minimum absolute atomic E-state index is 0.0825. The first-order valence-corrected chi connectivity index (χ1v) is 6.47. The van der Waals surface area contributed by atoms with Crippen LogP contribution in [0.5, 0.6) is 0 Å². The van der Waals surface area contributed by atoms with Crippen LogP contribution in [0.4, 0.5) is 5.69 Å². The molecule has 1 saturated carbocycles. The minimum Gasteiger partial charge on any atom is -0.477 e. The van der Waals surface area contributed by atoms with Crippen LogP contribution in [0.25, 0.3) is 10.9 Å². The van der Waals surface area contributed by atoms with Crippen LogP contribution in [0.3, 0.4) is 0 Å². The van der Waals surface area contributed by atoms with Crippen molar-refractivity contribution < 1.29 is 14.8 Å². The molecule has 0 aliphatic heterocycles. The largest absolute Gasteiger partial charge is 0.477 e. The topological polar surface area (TPSA) is 102 Å². The van der Waals surface area contributed by atoms with Gasteiger partial charge in [0, 0.05) is 23.9 Å². The molecule has 3 rings (SSSR count). The highest BCUT2D eigenvalue weighted by Gasteiger charge is 2.27. The number of hydrogen-bond donors (Lipinski definition) is 1. The van der Waals surface area contributed by atoms with E-state index in [1.54, 1.807) is 17.6 Å². The van der Waals surface area contributed by atoms with Gasteiger partial charge in [-0.25, -0.2) is 4.79 Å². The summed E-state index contributed by atoms with van der Waals surface area (Å²) >= 11 is 0. The number of carbonyl (C=O) groups is 1. The number of aromatic carboxylic acids is 1. The quantitative estimate of drug-likeness (QED) is 0.689. The molecule has 21 heavy (non-hydrogen) atoms. The Kier molecular flexibility index (Phi) is 2.79. The molecule has 2 aromatic rings. The normalized spacial score (nSPS) is 14.3. The maximum Gasteiger partial charge on any atom is 0.341 e. The number of carboxylic acids is 1. The van der Waals surface area contributed by atoms with Crippen molar-refractivity contribution in [3.8, 4) is 0 Å². The van der Waals surface area contributed by atoms with Crippen LogP contribution < -0.4 is 5.43 Å². The highest BCUT2D eigenvalue weighted by molar-refractivity contribution is 5.93. The molecule has 0 atom stereocenters. The average molecular weight is 288 g/mol. The zero-order valence-electron chi connectivity index (χ0n) is 11.2. The molecule has 1 aliphatic rings. The van der Waals surface area contributed by atoms with E-state index in [1.807, 2.05) is 0 Å². The number of fused-ring (bicyclic) bond motifs is 1. The van der Waals surface area contributed by atoms with Crippen LogP contribution in [0.1, 0.15) is 34.8 Å². The second-order valence-corrected chi connectivity index (χ2v) is 5.23. The first kappa shape index (κ1) is 13.3. The molecule has 1 aliphatic carbocycles. The Morgan fingerprint density at radius 1 is 1.43 bits per heavy atom. The van der Waals surface area contributed by atoms with Crippen molar-refractivity contribution in [1.29, 1.82) is 0 Å². The number of nitro groups is 1. The Balaban J connectivity index is 2.44. The third kappa shape index (κ3) is 2.06. The molecule has 0 radical (unpaired) electrons. The number of aromatic nitrogens is 1. The van der Waals surface area contributed by atoms with Gasteiger partial charge in [-0.1, -0.05) is 0 Å². The van der Waals surface area contributed by atoms with Gasteiger partial charge < -0.3 is 9.67 Å².